The Hall–Kier alpha value is -2.63. The summed E-state index contributed by atoms with van der Waals surface area (Å²) in [5.74, 6) is -0.989. The molecule has 1 aromatic carbocycles. The van der Waals surface area contributed by atoms with Gasteiger partial charge in [-0.25, -0.2) is 4.79 Å². The smallest absolute Gasteiger partial charge is 0.359 e. The Bertz CT molecular complexity index is 679. The van der Waals surface area contributed by atoms with Gasteiger partial charge < -0.3 is 10.1 Å². The fourth-order valence-electron chi connectivity index (χ4n) is 2.13. The fraction of sp³-hybridized carbons (Fsp3) is 0.353. The zero-order chi connectivity index (χ0) is 16.7. The van der Waals surface area contributed by atoms with E-state index in [4.69, 9.17) is 4.74 Å². The number of aromatic amines is 1. The van der Waals surface area contributed by atoms with Gasteiger partial charge in [0.15, 0.2) is 12.3 Å². The zero-order valence-electron chi connectivity index (χ0n) is 13.4. The number of anilines is 1. The number of nitrogens with zero attached hydrogens (tertiary/aromatic N) is 1. The van der Waals surface area contributed by atoms with E-state index in [1.165, 1.54) is 0 Å². The Morgan fingerprint density at radius 1 is 1.26 bits per heavy atom. The average Bonchev–Trinajstić information content (AvgIpc) is 3.02. The van der Waals surface area contributed by atoms with Gasteiger partial charge >= 0.3 is 5.97 Å². The molecule has 23 heavy (non-hydrogen) atoms. The Morgan fingerprint density at radius 3 is 2.83 bits per heavy atom. The quantitative estimate of drug-likeness (QED) is 0.769. The first-order chi connectivity index (χ1) is 11.1. The minimum atomic E-state index is -0.610. The lowest BCUT2D eigenvalue weighted by Gasteiger charge is -2.07. The van der Waals surface area contributed by atoms with Crippen molar-refractivity contribution in [1.82, 2.24) is 10.2 Å². The van der Waals surface area contributed by atoms with Crippen LogP contribution in [0.4, 0.5) is 5.69 Å². The number of nitrogens with one attached hydrogen (secondary N) is 2. The van der Waals surface area contributed by atoms with Gasteiger partial charge in [-0.15, -0.1) is 0 Å². The molecule has 0 aliphatic carbocycles. The van der Waals surface area contributed by atoms with Crippen LogP contribution in [0.25, 0.3) is 0 Å². The molecule has 1 amide bonds. The van der Waals surface area contributed by atoms with Crippen molar-refractivity contribution in [1.29, 1.82) is 0 Å². The molecule has 6 nitrogen and oxygen atoms in total. The first-order valence-electron chi connectivity index (χ1n) is 7.72. The summed E-state index contributed by atoms with van der Waals surface area (Å²) >= 11 is 0. The van der Waals surface area contributed by atoms with Crippen LogP contribution in [0.5, 0.6) is 0 Å². The van der Waals surface area contributed by atoms with E-state index in [9.17, 15) is 9.59 Å². The van der Waals surface area contributed by atoms with Gasteiger partial charge in [-0.2, -0.15) is 5.10 Å². The second-order valence-corrected chi connectivity index (χ2v) is 5.21. The standard InChI is InChI=1S/C17H21N3O3/c1-3-6-14-10-15(20-19-14)17(22)23-11-16(21)18-13-8-5-7-12(4-2)9-13/h5,7-10H,3-4,6,11H2,1-2H3,(H,18,21)(H,19,20). The number of aromatic nitrogens is 2. The molecule has 122 valence electrons. The van der Waals surface area contributed by atoms with E-state index in [-0.39, 0.29) is 18.2 Å². The van der Waals surface area contributed by atoms with Crippen molar-refractivity contribution in [2.45, 2.75) is 33.1 Å². The molecule has 0 atom stereocenters. The molecule has 0 radical (unpaired) electrons. The van der Waals surface area contributed by atoms with Gasteiger partial charge in [0.2, 0.25) is 0 Å². The molecule has 0 aliphatic rings. The number of rotatable bonds is 7. The van der Waals surface area contributed by atoms with E-state index in [0.717, 1.165) is 30.5 Å². The van der Waals surface area contributed by atoms with Gasteiger partial charge in [-0.3, -0.25) is 9.89 Å². The molecule has 1 heterocycles. The first-order valence-corrected chi connectivity index (χ1v) is 7.72. The van der Waals surface area contributed by atoms with Gasteiger partial charge in [0.25, 0.3) is 5.91 Å². The Morgan fingerprint density at radius 2 is 2.09 bits per heavy atom. The number of amides is 1. The number of H-pyrrole nitrogens is 1. The largest absolute Gasteiger partial charge is 0.451 e. The summed E-state index contributed by atoms with van der Waals surface area (Å²) in [4.78, 5) is 23.7. The maximum absolute atomic E-state index is 11.8. The molecule has 0 spiro atoms. The second kappa shape index (κ2) is 8.12. The van der Waals surface area contributed by atoms with E-state index in [1.54, 1.807) is 12.1 Å². The molecular formula is C17H21N3O3. The molecular weight excluding hydrogens is 294 g/mol. The summed E-state index contributed by atoms with van der Waals surface area (Å²) in [6, 6.07) is 9.20. The normalized spacial score (nSPS) is 10.3. The highest BCUT2D eigenvalue weighted by atomic mass is 16.5. The highest BCUT2D eigenvalue weighted by Gasteiger charge is 2.14. The topological polar surface area (TPSA) is 84.1 Å². The number of hydrogen-bond acceptors (Lipinski definition) is 4. The van der Waals surface area contributed by atoms with Gasteiger partial charge in [0, 0.05) is 11.4 Å². The lowest BCUT2D eigenvalue weighted by atomic mass is 10.1. The van der Waals surface area contributed by atoms with Crippen molar-refractivity contribution in [3.8, 4) is 0 Å². The highest BCUT2D eigenvalue weighted by molar-refractivity contribution is 5.94. The average molecular weight is 315 g/mol. The highest BCUT2D eigenvalue weighted by Crippen LogP contribution is 2.11. The molecule has 0 aliphatic heterocycles. The van der Waals surface area contributed by atoms with Crippen molar-refractivity contribution in [2.75, 3.05) is 11.9 Å². The van der Waals surface area contributed by atoms with Crippen LogP contribution < -0.4 is 5.32 Å². The maximum atomic E-state index is 11.8. The number of ether oxygens (including phenoxy) is 1. The minimum Gasteiger partial charge on any atom is -0.451 e. The molecule has 0 bridgehead atoms. The Labute approximate surface area is 135 Å². The number of hydrogen-bond donors (Lipinski definition) is 2. The maximum Gasteiger partial charge on any atom is 0.359 e. The second-order valence-electron chi connectivity index (χ2n) is 5.21. The van der Waals surface area contributed by atoms with Crippen LogP contribution in [0.15, 0.2) is 30.3 Å². The van der Waals surface area contributed by atoms with Crippen LogP contribution in [0.2, 0.25) is 0 Å². The van der Waals surface area contributed by atoms with Crippen molar-refractivity contribution >= 4 is 17.6 Å². The molecule has 0 saturated heterocycles. The van der Waals surface area contributed by atoms with E-state index < -0.39 is 5.97 Å². The van der Waals surface area contributed by atoms with Crippen LogP contribution >= 0.6 is 0 Å². The lowest BCUT2D eigenvalue weighted by Crippen LogP contribution is -2.21. The number of carbonyl (C=O) groups is 2. The van der Waals surface area contributed by atoms with Gasteiger partial charge in [0.1, 0.15) is 0 Å². The van der Waals surface area contributed by atoms with Crippen molar-refractivity contribution in [3.05, 3.63) is 47.3 Å². The number of esters is 1. The van der Waals surface area contributed by atoms with Crippen LogP contribution in [-0.2, 0) is 22.4 Å². The first kappa shape index (κ1) is 16.7. The summed E-state index contributed by atoms with van der Waals surface area (Å²) < 4.78 is 4.98. The minimum absolute atomic E-state index is 0.189. The van der Waals surface area contributed by atoms with Crippen LogP contribution in [-0.4, -0.2) is 28.7 Å². The van der Waals surface area contributed by atoms with E-state index in [2.05, 4.69) is 15.5 Å². The third-order valence-corrected chi connectivity index (χ3v) is 3.31. The van der Waals surface area contributed by atoms with Gasteiger partial charge in [-0.05, 0) is 36.6 Å². The third-order valence-electron chi connectivity index (χ3n) is 3.31. The van der Waals surface area contributed by atoms with Crippen molar-refractivity contribution < 1.29 is 14.3 Å². The summed E-state index contributed by atoms with van der Waals surface area (Å²) in [6.07, 6.45) is 2.66. The van der Waals surface area contributed by atoms with E-state index in [1.807, 2.05) is 32.0 Å². The Kier molecular flexibility index (Phi) is 5.91. The third kappa shape index (κ3) is 4.95. The molecule has 0 saturated carbocycles. The van der Waals surface area contributed by atoms with Gasteiger partial charge in [-0.1, -0.05) is 32.4 Å². The molecule has 0 fully saturated rings. The van der Waals surface area contributed by atoms with Crippen LogP contribution in [0.3, 0.4) is 0 Å². The summed E-state index contributed by atoms with van der Waals surface area (Å²) in [5, 5.41) is 9.37. The Balaban J connectivity index is 1.84. The molecule has 2 N–H and O–H groups in total. The summed E-state index contributed by atoms with van der Waals surface area (Å²) in [5.41, 5.74) is 2.88. The monoisotopic (exact) mass is 315 g/mol. The molecule has 2 rings (SSSR count). The number of carbonyl (C=O) groups excluding carboxylic acids is 2. The zero-order valence-corrected chi connectivity index (χ0v) is 13.4. The van der Waals surface area contributed by atoms with E-state index >= 15 is 0 Å². The fourth-order valence-corrected chi connectivity index (χ4v) is 2.13. The predicted octanol–water partition coefficient (Wildman–Crippen LogP) is 2.72. The summed E-state index contributed by atoms with van der Waals surface area (Å²) in [7, 11) is 0. The number of benzene rings is 1. The molecule has 6 heteroatoms. The number of aryl methyl sites for hydroxylation is 2. The molecule has 2 aromatic rings. The molecule has 0 unspecified atom stereocenters. The van der Waals surface area contributed by atoms with Crippen molar-refractivity contribution in [2.24, 2.45) is 0 Å². The van der Waals surface area contributed by atoms with Crippen LogP contribution in [0.1, 0.15) is 42.0 Å². The SMILES string of the molecule is CCCc1cc(C(=O)OCC(=O)Nc2cccc(CC)c2)n[nH]1. The van der Waals surface area contributed by atoms with Crippen molar-refractivity contribution in [3.63, 3.8) is 0 Å². The predicted molar refractivity (Wildman–Crippen MR) is 87.3 cm³/mol. The van der Waals surface area contributed by atoms with Gasteiger partial charge in [0.05, 0.1) is 0 Å². The lowest BCUT2D eigenvalue weighted by molar-refractivity contribution is -0.119. The molecule has 1 aromatic heterocycles. The summed E-state index contributed by atoms with van der Waals surface area (Å²) in [6.45, 7) is 3.74. The van der Waals surface area contributed by atoms with Crippen LogP contribution in [0, 0.1) is 0 Å². The van der Waals surface area contributed by atoms with E-state index in [0.29, 0.717) is 5.69 Å².